The number of anilines is 4. The fourth-order valence-electron chi connectivity index (χ4n) is 9.37. The van der Waals surface area contributed by atoms with Crippen LogP contribution in [0.25, 0.3) is 10.4 Å². The number of halogens is 1. The maximum atomic E-state index is 14.1. The molecule has 5 aromatic rings. The van der Waals surface area contributed by atoms with E-state index in [-0.39, 0.29) is 48.8 Å². The molecule has 4 amide bonds. The number of nitrogens with zero attached hydrogens (tertiary/aromatic N) is 7. The Balaban J connectivity index is 0.761. The number of aryl methyl sites for hydroxylation is 3. The Kier molecular flexibility index (Phi) is 19.1. The Hall–Kier alpha value is -5.82. The molecule has 3 aromatic heterocycles. The quantitative estimate of drug-likeness (QED) is 0.0479. The first-order valence-corrected chi connectivity index (χ1v) is 27.5. The van der Waals surface area contributed by atoms with Crippen LogP contribution in [0.1, 0.15) is 124 Å². The predicted octanol–water partition coefficient (Wildman–Crippen LogP) is 9.69. The molecular weight excluding hydrogens is 984 g/mol. The highest BCUT2D eigenvalue weighted by Crippen LogP contribution is 2.35. The van der Waals surface area contributed by atoms with Crippen LogP contribution >= 0.6 is 34.3 Å². The van der Waals surface area contributed by atoms with Crippen LogP contribution in [-0.4, -0.2) is 109 Å². The van der Waals surface area contributed by atoms with Gasteiger partial charge in [-0.05, 0) is 61.8 Å². The van der Waals surface area contributed by atoms with Gasteiger partial charge in [-0.2, -0.15) is 0 Å². The molecule has 0 saturated carbocycles. The molecule has 5 heterocycles. The van der Waals surface area contributed by atoms with Gasteiger partial charge in [0.1, 0.15) is 34.2 Å². The van der Waals surface area contributed by atoms with Crippen LogP contribution in [0.4, 0.5) is 22.5 Å². The number of rotatable bonds is 22. The molecule has 2 aliphatic rings. The summed E-state index contributed by atoms with van der Waals surface area (Å²) in [5.41, 5.74) is 5.70. The Bertz CT molecular complexity index is 2700. The Morgan fingerprint density at radius 3 is 2.25 bits per heavy atom. The van der Waals surface area contributed by atoms with Gasteiger partial charge in [0.25, 0.3) is 5.91 Å². The molecule has 2 saturated heterocycles. The van der Waals surface area contributed by atoms with Crippen LogP contribution in [0.5, 0.6) is 0 Å². The first kappa shape index (κ1) is 54.9. The van der Waals surface area contributed by atoms with Crippen LogP contribution in [0.3, 0.4) is 0 Å². The van der Waals surface area contributed by atoms with Crippen molar-refractivity contribution in [3.8, 4) is 10.4 Å². The number of thiazole rings is 2. The van der Waals surface area contributed by atoms with Crippen molar-refractivity contribution < 1.29 is 29.1 Å². The van der Waals surface area contributed by atoms with E-state index in [1.54, 1.807) is 17.4 Å². The number of nitrogens with one attached hydrogen (secondary N) is 3. The van der Waals surface area contributed by atoms with Gasteiger partial charge in [0.2, 0.25) is 17.7 Å². The van der Waals surface area contributed by atoms with E-state index in [4.69, 9.17) is 11.6 Å². The summed E-state index contributed by atoms with van der Waals surface area (Å²) in [5.74, 6) is 0.616. The molecule has 0 aliphatic carbocycles. The molecule has 0 radical (unpaired) electrons. The zero-order valence-electron chi connectivity index (χ0n) is 42.8. The van der Waals surface area contributed by atoms with Gasteiger partial charge in [-0.25, -0.2) is 19.9 Å². The van der Waals surface area contributed by atoms with E-state index in [9.17, 15) is 29.1 Å². The number of Topliss-reactive ketones (excluding diaryl/α,β-unsaturated/α-hetero) is 1. The van der Waals surface area contributed by atoms with Crippen molar-refractivity contribution in [2.24, 2.45) is 11.3 Å². The van der Waals surface area contributed by atoms with Crippen molar-refractivity contribution in [1.29, 1.82) is 0 Å². The SMILES string of the molecule is Cc1nc(Nc2ncc(C(=O)Nc3c(C)cccc3Cl)s2)cc(N2CCN(C(=O)CCCCCCCCCC(=O)C[C@H](C(=O)N3C[C@H](O)C[C@H]3C(=O)NCc3ccc(-c4scnc4C)cc3)C(C)(C)C)CC2)n1. The molecular formula is C54H69ClN10O6S2. The third-order valence-corrected chi connectivity index (χ3v) is 15.8. The van der Waals surface area contributed by atoms with Crippen LogP contribution < -0.4 is 20.9 Å². The van der Waals surface area contributed by atoms with Crippen molar-refractivity contribution in [2.45, 2.75) is 131 Å². The van der Waals surface area contributed by atoms with Crippen LogP contribution in [0.2, 0.25) is 5.02 Å². The lowest BCUT2D eigenvalue weighted by molar-refractivity contribution is -0.146. The normalized spacial score (nSPS) is 16.4. The predicted molar refractivity (Wildman–Crippen MR) is 289 cm³/mol. The van der Waals surface area contributed by atoms with E-state index < -0.39 is 23.5 Å². The summed E-state index contributed by atoms with van der Waals surface area (Å²) in [6.07, 6.45) is 8.36. The van der Waals surface area contributed by atoms with E-state index >= 15 is 0 Å². The Morgan fingerprint density at radius 2 is 1.58 bits per heavy atom. The number of aromatic nitrogens is 4. The van der Waals surface area contributed by atoms with Gasteiger partial charge in [-0.15, -0.1) is 11.3 Å². The third kappa shape index (κ3) is 15.1. The van der Waals surface area contributed by atoms with E-state index in [0.29, 0.717) is 77.9 Å². The minimum atomic E-state index is -0.816. The molecule has 16 nitrogen and oxygen atoms in total. The molecule has 390 valence electrons. The number of para-hydroxylation sites is 1. The lowest BCUT2D eigenvalue weighted by Gasteiger charge is -2.35. The lowest BCUT2D eigenvalue weighted by atomic mass is 9.76. The summed E-state index contributed by atoms with van der Waals surface area (Å²) in [6, 6.07) is 14.5. The fraction of sp³-hybridized carbons (Fsp3) is 0.500. The summed E-state index contributed by atoms with van der Waals surface area (Å²) in [4.78, 5) is 92.1. The number of aliphatic hydroxyl groups is 1. The molecule has 4 N–H and O–H groups in total. The molecule has 73 heavy (non-hydrogen) atoms. The number of ketones is 1. The largest absolute Gasteiger partial charge is 0.391 e. The van der Waals surface area contributed by atoms with Gasteiger partial charge >= 0.3 is 0 Å². The molecule has 0 unspecified atom stereocenters. The topological polar surface area (TPSA) is 203 Å². The first-order chi connectivity index (χ1) is 34.9. The number of benzene rings is 2. The number of piperazine rings is 1. The highest BCUT2D eigenvalue weighted by molar-refractivity contribution is 7.17. The highest BCUT2D eigenvalue weighted by Gasteiger charge is 2.44. The highest BCUT2D eigenvalue weighted by atomic mass is 35.5. The summed E-state index contributed by atoms with van der Waals surface area (Å²) in [5, 5.41) is 20.7. The zero-order valence-corrected chi connectivity index (χ0v) is 45.2. The van der Waals surface area contributed by atoms with Crippen molar-refractivity contribution in [1.82, 2.24) is 35.1 Å². The summed E-state index contributed by atoms with van der Waals surface area (Å²) >= 11 is 9.10. The van der Waals surface area contributed by atoms with E-state index in [1.165, 1.54) is 22.4 Å². The number of β-amino-alcohol motifs (C(OH)–C–C–N with tert-alkyl or cyclic N) is 1. The average Bonchev–Trinajstić information content (AvgIpc) is 4.12. The number of aliphatic hydroxyl groups excluding tert-OH is 1. The Labute approximate surface area is 441 Å². The van der Waals surface area contributed by atoms with Crippen molar-refractivity contribution in [3.63, 3.8) is 0 Å². The van der Waals surface area contributed by atoms with Crippen LogP contribution in [-0.2, 0) is 25.7 Å². The van der Waals surface area contributed by atoms with Gasteiger partial charge in [0.05, 0.1) is 39.1 Å². The lowest BCUT2D eigenvalue weighted by Crippen LogP contribution is -2.50. The van der Waals surface area contributed by atoms with E-state index in [0.717, 1.165) is 78.0 Å². The van der Waals surface area contributed by atoms with E-state index in [2.05, 4.69) is 40.8 Å². The number of unbranched alkanes of at least 4 members (excludes halogenated alkanes) is 6. The monoisotopic (exact) mass is 1050 g/mol. The summed E-state index contributed by atoms with van der Waals surface area (Å²) in [6.45, 7) is 14.4. The Morgan fingerprint density at radius 1 is 0.877 bits per heavy atom. The molecule has 2 fully saturated rings. The smallest absolute Gasteiger partial charge is 0.267 e. The minimum Gasteiger partial charge on any atom is -0.391 e. The number of hydrogen-bond acceptors (Lipinski definition) is 14. The second kappa shape index (κ2) is 25.4. The number of amides is 4. The van der Waals surface area contributed by atoms with Crippen molar-refractivity contribution in [3.05, 3.63) is 92.8 Å². The summed E-state index contributed by atoms with van der Waals surface area (Å²) in [7, 11) is 0. The standard InChI is InChI=1S/C54H69ClN10O6S2/c1-34-15-14-17-42(55)48(34)62-51(70)44-31-57-53(73-44)61-45-29-46(60-36(3)59-45)63-23-25-64(26-24-63)47(68)18-13-11-9-7-8-10-12-16-39(66)27-41(54(4,5)6)52(71)65-32-40(67)28-43(65)50(69)56-30-37-19-21-38(22-20-37)49-35(2)58-33-72-49/h14-15,17,19-22,29,31,33,40-41,43,67H,7-13,16,18,23-28,30,32H2,1-6H3,(H,56,69)(H,62,70)(H,57,59,60,61)/t40-,41-,43+/m1/s1. The maximum Gasteiger partial charge on any atom is 0.267 e. The average molecular weight is 1050 g/mol. The molecule has 0 spiro atoms. The van der Waals surface area contributed by atoms with Gasteiger partial charge in [0, 0.05) is 76.9 Å². The number of carbonyl (C=O) groups excluding carboxylic acids is 5. The van der Waals surface area contributed by atoms with Crippen molar-refractivity contribution >= 4 is 86.1 Å². The van der Waals surface area contributed by atoms with Crippen molar-refractivity contribution in [2.75, 3.05) is 48.3 Å². The second-order valence-corrected chi connectivity index (χ2v) is 22.6. The van der Waals surface area contributed by atoms with Gasteiger partial charge in [-0.3, -0.25) is 24.0 Å². The summed E-state index contributed by atoms with van der Waals surface area (Å²) < 4.78 is 0. The van der Waals surface area contributed by atoms with Crippen LogP contribution in [0.15, 0.2) is 60.2 Å². The minimum absolute atomic E-state index is 0.0366. The van der Waals surface area contributed by atoms with E-state index in [1.807, 2.05) is 94.4 Å². The van der Waals surface area contributed by atoms with Crippen LogP contribution in [0, 0.1) is 32.1 Å². The number of carbonyl (C=O) groups is 5. The maximum absolute atomic E-state index is 14.1. The number of hydrogen-bond donors (Lipinski definition) is 4. The van der Waals surface area contributed by atoms with Gasteiger partial charge in [-0.1, -0.05) is 112 Å². The van der Waals surface area contributed by atoms with Gasteiger partial charge in [0.15, 0.2) is 5.13 Å². The molecule has 2 aromatic carbocycles. The first-order valence-electron chi connectivity index (χ1n) is 25.4. The third-order valence-electron chi connectivity index (χ3n) is 13.6. The van der Waals surface area contributed by atoms with Gasteiger partial charge < -0.3 is 35.8 Å². The fourth-order valence-corrected chi connectivity index (χ4v) is 11.2. The zero-order chi connectivity index (χ0) is 52.2. The molecule has 0 bridgehead atoms. The molecule has 2 aliphatic heterocycles. The molecule has 3 atom stereocenters. The second-order valence-electron chi connectivity index (χ2n) is 20.3. The number of likely N-dealkylation sites (tertiary alicyclic amines) is 1. The molecule has 19 heteroatoms. The molecule has 7 rings (SSSR count).